The van der Waals surface area contributed by atoms with Gasteiger partial charge in [-0.3, -0.25) is 4.90 Å². The zero-order valence-electron chi connectivity index (χ0n) is 14.5. The van der Waals surface area contributed by atoms with E-state index in [9.17, 15) is 0 Å². The lowest BCUT2D eigenvalue weighted by atomic mass is 10.0. The van der Waals surface area contributed by atoms with Crippen molar-refractivity contribution in [1.29, 1.82) is 0 Å². The SMILES string of the molecule is COc1ccc2c(c1Cl)CCN([C@@H](C)c1ccc3scnc3c1)CC2. The van der Waals surface area contributed by atoms with Crippen molar-refractivity contribution in [2.24, 2.45) is 0 Å². The summed E-state index contributed by atoms with van der Waals surface area (Å²) >= 11 is 8.24. The highest BCUT2D eigenvalue weighted by molar-refractivity contribution is 7.16. The molecule has 1 aromatic heterocycles. The zero-order chi connectivity index (χ0) is 17.4. The van der Waals surface area contributed by atoms with Gasteiger partial charge in [0.05, 0.1) is 27.9 Å². The van der Waals surface area contributed by atoms with Crippen LogP contribution < -0.4 is 4.74 Å². The molecule has 5 heteroatoms. The fraction of sp³-hybridized carbons (Fsp3) is 0.350. The smallest absolute Gasteiger partial charge is 0.137 e. The molecule has 0 unspecified atom stereocenters. The number of rotatable bonds is 3. The molecule has 1 atom stereocenters. The van der Waals surface area contributed by atoms with Gasteiger partial charge in [-0.2, -0.15) is 0 Å². The molecule has 0 saturated carbocycles. The molecule has 0 N–H and O–H groups in total. The summed E-state index contributed by atoms with van der Waals surface area (Å²) in [6, 6.07) is 11.2. The van der Waals surface area contributed by atoms with E-state index in [1.54, 1.807) is 18.4 Å². The van der Waals surface area contributed by atoms with Gasteiger partial charge in [0.25, 0.3) is 0 Å². The maximum absolute atomic E-state index is 6.55. The lowest BCUT2D eigenvalue weighted by Crippen LogP contribution is -2.29. The Balaban J connectivity index is 1.57. The van der Waals surface area contributed by atoms with Crippen LogP contribution in [0.15, 0.2) is 35.8 Å². The van der Waals surface area contributed by atoms with Gasteiger partial charge < -0.3 is 4.74 Å². The second-order valence-corrected chi connectivity index (χ2v) is 7.78. The molecule has 0 amide bonds. The van der Waals surface area contributed by atoms with Crippen molar-refractivity contribution in [2.45, 2.75) is 25.8 Å². The van der Waals surface area contributed by atoms with Gasteiger partial charge in [-0.25, -0.2) is 4.98 Å². The van der Waals surface area contributed by atoms with Gasteiger partial charge in [0, 0.05) is 19.1 Å². The Morgan fingerprint density at radius 3 is 2.88 bits per heavy atom. The minimum atomic E-state index is 0.362. The lowest BCUT2D eigenvalue weighted by molar-refractivity contribution is 0.221. The zero-order valence-corrected chi connectivity index (χ0v) is 16.0. The summed E-state index contributed by atoms with van der Waals surface area (Å²) in [5, 5.41) is 0.776. The first-order chi connectivity index (χ1) is 12.2. The van der Waals surface area contributed by atoms with Crippen molar-refractivity contribution < 1.29 is 4.74 Å². The van der Waals surface area contributed by atoms with Crippen molar-refractivity contribution in [2.75, 3.05) is 20.2 Å². The molecule has 0 saturated heterocycles. The van der Waals surface area contributed by atoms with Crippen LogP contribution in [0.2, 0.25) is 5.02 Å². The van der Waals surface area contributed by atoms with E-state index in [-0.39, 0.29) is 0 Å². The second-order valence-electron chi connectivity index (χ2n) is 6.51. The van der Waals surface area contributed by atoms with E-state index < -0.39 is 0 Å². The average Bonchev–Trinajstić information content (AvgIpc) is 2.99. The number of fused-ring (bicyclic) bond motifs is 2. The highest BCUT2D eigenvalue weighted by Gasteiger charge is 2.22. The summed E-state index contributed by atoms with van der Waals surface area (Å²) in [4.78, 5) is 7.00. The standard InChI is InChI=1S/C20H21ClN2OS/c1-13(15-4-6-19-17(11-15)22-12-25-19)23-9-7-14-3-5-18(24-2)20(21)16(14)8-10-23/h3-6,11-13H,7-10H2,1-2H3/t13-/m0/s1. The van der Waals surface area contributed by atoms with E-state index >= 15 is 0 Å². The van der Waals surface area contributed by atoms with Crippen molar-refractivity contribution in [3.05, 3.63) is 57.6 Å². The van der Waals surface area contributed by atoms with Gasteiger partial charge in [0.15, 0.2) is 0 Å². The molecule has 25 heavy (non-hydrogen) atoms. The van der Waals surface area contributed by atoms with Crippen molar-refractivity contribution >= 4 is 33.2 Å². The molecule has 1 aliphatic rings. The molecular formula is C20H21ClN2OS. The first-order valence-corrected chi connectivity index (χ1v) is 9.84. The number of methoxy groups -OCH3 is 1. The molecule has 130 valence electrons. The van der Waals surface area contributed by atoms with Crippen LogP contribution in [0, 0.1) is 0 Å². The predicted molar refractivity (Wildman–Crippen MR) is 105 cm³/mol. The number of nitrogens with zero attached hydrogens (tertiary/aromatic N) is 2. The van der Waals surface area contributed by atoms with Crippen LogP contribution in [0.1, 0.15) is 29.7 Å². The van der Waals surface area contributed by atoms with Crippen molar-refractivity contribution in [3.8, 4) is 5.75 Å². The van der Waals surface area contributed by atoms with E-state index in [0.717, 1.165) is 42.2 Å². The summed E-state index contributed by atoms with van der Waals surface area (Å²) < 4.78 is 6.63. The summed E-state index contributed by atoms with van der Waals surface area (Å²) in [7, 11) is 1.67. The molecule has 0 aliphatic carbocycles. The van der Waals surface area contributed by atoms with Gasteiger partial charge in [0.1, 0.15) is 5.75 Å². The Morgan fingerprint density at radius 2 is 2.04 bits per heavy atom. The summed E-state index contributed by atoms with van der Waals surface area (Å²) in [6.45, 7) is 4.31. The second kappa shape index (κ2) is 6.94. The summed E-state index contributed by atoms with van der Waals surface area (Å²) in [5.41, 5.74) is 6.92. The third-order valence-electron chi connectivity index (χ3n) is 5.23. The molecule has 0 bridgehead atoms. The molecular weight excluding hydrogens is 352 g/mol. The minimum Gasteiger partial charge on any atom is -0.495 e. The van der Waals surface area contributed by atoms with E-state index in [1.807, 2.05) is 11.6 Å². The number of benzene rings is 2. The number of hydrogen-bond donors (Lipinski definition) is 0. The molecule has 0 fully saturated rings. The third-order valence-corrected chi connectivity index (χ3v) is 6.45. The van der Waals surface area contributed by atoms with Crippen LogP contribution in [-0.2, 0) is 12.8 Å². The summed E-state index contributed by atoms with van der Waals surface area (Å²) in [5.74, 6) is 0.774. The first kappa shape index (κ1) is 16.8. The topological polar surface area (TPSA) is 25.4 Å². The number of thiazole rings is 1. The molecule has 3 aromatic rings. The van der Waals surface area contributed by atoms with Crippen LogP contribution in [0.25, 0.3) is 10.2 Å². The van der Waals surface area contributed by atoms with Gasteiger partial charge in [0.2, 0.25) is 0 Å². The molecule has 0 radical (unpaired) electrons. The Labute approximate surface area is 157 Å². The minimum absolute atomic E-state index is 0.362. The van der Waals surface area contributed by atoms with E-state index in [0.29, 0.717) is 6.04 Å². The number of aromatic nitrogens is 1. The Morgan fingerprint density at radius 1 is 1.20 bits per heavy atom. The Kier molecular flexibility index (Phi) is 4.67. The maximum atomic E-state index is 6.55. The lowest BCUT2D eigenvalue weighted by Gasteiger charge is -2.28. The highest BCUT2D eigenvalue weighted by atomic mass is 35.5. The van der Waals surface area contributed by atoms with E-state index in [4.69, 9.17) is 16.3 Å². The fourth-order valence-corrected chi connectivity index (χ4v) is 4.68. The number of halogens is 1. The molecule has 3 nitrogen and oxygen atoms in total. The van der Waals surface area contributed by atoms with Crippen molar-refractivity contribution in [3.63, 3.8) is 0 Å². The first-order valence-electron chi connectivity index (χ1n) is 8.59. The van der Waals surface area contributed by atoms with Gasteiger partial charge in [-0.05, 0) is 54.7 Å². The van der Waals surface area contributed by atoms with Crippen molar-refractivity contribution in [1.82, 2.24) is 9.88 Å². The largest absolute Gasteiger partial charge is 0.495 e. The predicted octanol–water partition coefficient (Wildman–Crippen LogP) is 5.12. The monoisotopic (exact) mass is 372 g/mol. The molecule has 1 aliphatic heterocycles. The van der Waals surface area contributed by atoms with Crippen LogP contribution in [0.5, 0.6) is 5.75 Å². The number of hydrogen-bond acceptors (Lipinski definition) is 4. The van der Waals surface area contributed by atoms with Crippen LogP contribution in [-0.4, -0.2) is 30.1 Å². The van der Waals surface area contributed by atoms with E-state index in [2.05, 4.69) is 41.1 Å². The maximum Gasteiger partial charge on any atom is 0.137 e. The fourth-order valence-electron chi connectivity index (χ4n) is 3.67. The van der Waals surface area contributed by atoms with Gasteiger partial charge >= 0.3 is 0 Å². The van der Waals surface area contributed by atoms with Gasteiger partial charge in [-0.15, -0.1) is 11.3 Å². The quantitative estimate of drug-likeness (QED) is 0.638. The average molecular weight is 373 g/mol. The molecule has 2 heterocycles. The molecule has 2 aromatic carbocycles. The van der Waals surface area contributed by atoms with E-state index in [1.165, 1.54) is 21.4 Å². The van der Waals surface area contributed by atoms with Gasteiger partial charge in [-0.1, -0.05) is 23.7 Å². The van der Waals surface area contributed by atoms with Crippen LogP contribution >= 0.6 is 22.9 Å². The Bertz CT molecular complexity index is 908. The van der Waals surface area contributed by atoms with Crippen LogP contribution in [0.4, 0.5) is 0 Å². The Hall–Kier alpha value is -1.62. The normalized spacial score (nSPS) is 16.4. The number of ether oxygens (including phenoxy) is 1. The molecule has 4 rings (SSSR count). The molecule has 0 spiro atoms. The summed E-state index contributed by atoms with van der Waals surface area (Å²) in [6.07, 6.45) is 1.97. The highest BCUT2D eigenvalue weighted by Crippen LogP contribution is 2.34. The third kappa shape index (κ3) is 3.14. The van der Waals surface area contributed by atoms with Crippen LogP contribution in [0.3, 0.4) is 0 Å².